The molecule has 0 aromatic heterocycles. The molecule has 0 aliphatic carbocycles. The number of ketones is 2. The summed E-state index contributed by atoms with van der Waals surface area (Å²) >= 11 is 0. The van der Waals surface area contributed by atoms with Crippen molar-refractivity contribution in [3.05, 3.63) is 131 Å². The molecular formula is C36H30N2O5. The molecule has 3 aliphatic rings. The van der Waals surface area contributed by atoms with E-state index in [9.17, 15) is 9.59 Å². The number of amides is 1. The van der Waals surface area contributed by atoms with E-state index in [1.807, 2.05) is 78.7 Å². The quantitative estimate of drug-likeness (QED) is 0.271. The van der Waals surface area contributed by atoms with E-state index in [1.165, 1.54) is 0 Å². The zero-order valence-electron chi connectivity index (χ0n) is 23.8. The highest BCUT2D eigenvalue weighted by molar-refractivity contribution is 6.17. The number of ether oxygens (including phenoxy) is 2. The summed E-state index contributed by atoms with van der Waals surface area (Å²) in [7, 11) is 1.57. The lowest BCUT2D eigenvalue weighted by Crippen LogP contribution is -2.49. The van der Waals surface area contributed by atoms with Gasteiger partial charge in [0.25, 0.3) is 0 Å². The van der Waals surface area contributed by atoms with Gasteiger partial charge in [0.05, 0.1) is 31.2 Å². The average molecular weight is 571 g/mol. The Morgan fingerprint density at radius 3 is 2.40 bits per heavy atom. The number of rotatable bonds is 7. The van der Waals surface area contributed by atoms with Crippen molar-refractivity contribution in [1.82, 2.24) is 4.90 Å². The lowest BCUT2D eigenvalue weighted by molar-refractivity contribution is -0.122. The molecule has 0 unspecified atom stereocenters. The molecule has 7 rings (SSSR count). The number of nitrogens with zero attached hydrogens (tertiary/aromatic N) is 1. The van der Waals surface area contributed by atoms with Crippen LogP contribution in [0.1, 0.15) is 50.4 Å². The van der Waals surface area contributed by atoms with Crippen LogP contribution in [-0.4, -0.2) is 42.1 Å². The molecule has 4 aromatic rings. The van der Waals surface area contributed by atoms with Crippen LogP contribution in [0.2, 0.25) is 0 Å². The van der Waals surface area contributed by atoms with Gasteiger partial charge in [0.2, 0.25) is 5.91 Å². The Labute approximate surface area is 249 Å². The Kier molecular flexibility index (Phi) is 6.38. The minimum Gasteiger partial charge on any atom is -0.497 e. The van der Waals surface area contributed by atoms with Gasteiger partial charge in [-0.3, -0.25) is 14.4 Å². The molecule has 7 nitrogen and oxygen atoms in total. The third-order valence-electron chi connectivity index (χ3n) is 8.95. The van der Waals surface area contributed by atoms with E-state index in [0.29, 0.717) is 40.5 Å². The minimum atomic E-state index is -1.40. The van der Waals surface area contributed by atoms with Crippen molar-refractivity contribution in [2.45, 2.75) is 24.4 Å². The molecule has 1 spiro atoms. The summed E-state index contributed by atoms with van der Waals surface area (Å²) in [6, 6.07) is 27.7. The van der Waals surface area contributed by atoms with Crippen molar-refractivity contribution < 1.29 is 23.9 Å². The second-order valence-electron chi connectivity index (χ2n) is 11.0. The van der Waals surface area contributed by atoms with Gasteiger partial charge in [-0.05, 0) is 72.2 Å². The first kappa shape index (κ1) is 26.7. The largest absolute Gasteiger partial charge is 0.497 e. The molecule has 7 heteroatoms. The number of para-hydroxylation sites is 2. The number of benzene rings is 4. The molecular weight excluding hydrogens is 540 g/mol. The van der Waals surface area contributed by atoms with Crippen molar-refractivity contribution >= 4 is 29.2 Å². The number of nitrogens with one attached hydrogen (secondary N) is 1. The fourth-order valence-corrected chi connectivity index (χ4v) is 7.21. The Morgan fingerprint density at radius 1 is 0.884 bits per heavy atom. The van der Waals surface area contributed by atoms with Gasteiger partial charge in [0, 0.05) is 17.5 Å². The molecule has 0 bridgehead atoms. The fraction of sp³-hybridized carbons (Fsp3) is 0.194. The van der Waals surface area contributed by atoms with Crippen LogP contribution < -0.4 is 14.8 Å². The standard InChI is InChI=1S/C36H30N2O5/c1-3-43-29-15-9-6-12-26(29)33(40)30-31(32(39)23-16-18-24(42-2)19-17-23)38-21-20-22-10-4-5-11-25(22)34(38)36(30)27-13-7-8-14-28(27)37-35(36)41/h4-21,30-31,34H,3H2,1-2H3,(H,37,41)/t30-,31+,34+,36+/m0/s1. The molecule has 1 fully saturated rings. The van der Waals surface area contributed by atoms with Gasteiger partial charge in [0.15, 0.2) is 11.6 Å². The second-order valence-corrected chi connectivity index (χ2v) is 11.0. The van der Waals surface area contributed by atoms with Gasteiger partial charge in [-0.15, -0.1) is 0 Å². The molecule has 1 amide bonds. The van der Waals surface area contributed by atoms with Crippen LogP contribution in [0.25, 0.3) is 6.08 Å². The van der Waals surface area contributed by atoms with Crippen LogP contribution in [0.5, 0.6) is 11.5 Å². The molecule has 43 heavy (non-hydrogen) atoms. The Morgan fingerprint density at radius 2 is 1.60 bits per heavy atom. The number of hydrogen-bond donors (Lipinski definition) is 1. The summed E-state index contributed by atoms with van der Waals surface area (Å²) < 4.78 is 11.2. The van der Waals surface area contributed by atoms with Crippen molar-refractivity contribution in [3.8, 4) is 11.5 Å². The van der Waals surface area contributed by atoms with Gasteiger partial charge in [-0.2, -0.15) is 0 Å². The number of carbonyl (C=O) groups excluding carboxylic acids is 3. The second kappa shape index (κ2) is 10.3. The Hall–Kier alpha value is -5.17. The van der Waals surface area contributed by atoms with Gasteiger partial charge in [-0.1, -0.05) is 54.6 Å². The van der Waals surface area contributed by atoms with Gasteiger partial charge < -0.3 is 19.7 Å². The first-order valence-electron chi connectivity index (χ1n) is 14.4. The zero-order valence-corrected chi connectivity index (χ0v) is 23.8. The zero-order chi connectivity index (χ0) is 29.7. The number of fused-ring (bicyclic) bond motifs is 6. The molecule has 0 radical (unpaired) electrons. The predicted molar refractivity (Wildman–Crippen MR) is 163 cm³/mol. The monoisotopic (exact) mass is 570 g/mol. The molecule has 3 heterocycles. The van der Waals surface area contributed by atoms with Crippen LogP contribution in [0, 0.1) is 5.92 Å². The fourth-order valence-electron chi connectivity index (χ4n) is 7.21. The van der Waals surface area contributed by atoms with E-state index < -0.39 is 23.4 Å². The van der Waals surface area contributed by atoms with Gasteiger partial charge >= 0.3 is 0 Å². The number of carbonyl (C=O) groups is 3. The van der Waals surface area contributed by atoms with Crippen LogP contribution in [0.4, 0.5) is 5.69 Å². The lowest BCUT2D eigenvalue weighted by Gasteiger charge is -2.38. The molecule has 3 aliphatic heterocycles. The lowest BCUT2D eigenvalue weighted by atomic mass is 9.62. The van der Waals surface area contributed by atoms with E-state index in [2.05, 4.69) is 5.32 Å². The van der Waals surface area contributed by atoms with E-state index in [-0.39, 0.29) is 17.5 Å². The topological polar surface area (TPSA) is 84.9 Å². The number of methoxy groups -OCH3 is 1. The van der Waals surface area contributed by atoms with Gasteiger partial charge in [-0.25, -0.2) is 0 Å². The SMILES string of the molecule is CCOc1ccccc1C(=O)[C@@H]1[C@H](C(=O)c2ccc(OC)cc2)N2C=Cc3ccccc3[C@@H]2[C@]12C(=O)Nc1ccccc12. The Bertz CT molecular complexity index is 1800. The van der Waals surface area contributed by atoms with Crippen LogP contribution >= 0.6 is 0 Å². The maximum atomic E-state index is 15.1. The van der Waals surface area contributed by atoms with Gasteiger partial charge in [0.1, 0.15) is 23.0 Å². The average Bonchev–Trinajstić information content (AvgIpc) is 3.53. The highest BCUT2D eigenvalue weighted by atomic mass is 16.5. The first-order valence-corrected chi connectivity index (χ1v) is 14.4. The van der Waals surface area contributed by atoms with Crippen molar-refractivity contribution in [2.75, 3.05) is 19.0 Å². The molecule has 1 saturated heterocycles. The van der Waals surface area contributed by atoms with Crippen molar-refractivity contribution in [1.29, 1.82) is 0 Å². The smallest absolute Gasteiger partial charge is 0.238 e. The van der Waals surface area contributed by atoms with E-state index >= 15 is 4.79 Å². The third-order valence-corrected chi connectivity index (χ3v) is 8.95. The summed E-state index contributed by atoms with van der Waals surface area (Å²) in [6.07, 6.45) is 3.82. The Balaban J connectivity index is 1.52. The molecule has 214 valence electrons. The highest BCUT2D eigenvalue weighted by Gasteiger charge is 2.70. The van der Waals surface area contributed by atoms with Crippen LogP contribution in [0.3, 0.4) is 0 Å². The molecule has 4 aromatic carbocycles. The minimum absolute atomic E-state index is 0.252. The normalized spacial score (nSPS) is 22.9. The molecule has 4 atom stereocenters. The van der Waals surface area contributed by atoms with Crippen molar-refractivity contribution in [3.63, 3.8) is 0 Å². The van der Waals surface area contributed by atoms with Crippen molar-refractivity contribution in [2.24, 2.45) is 5.92 Å². The summed E-state index contributed by atoms with van der Waals surface area (Å²) in [5.74, 6) is -0.903. The predicted octanol–water partition coefficient (Wildman–Crippen LogP) is 6.08. The first-order chi connectivity index (χ1) is 21.0. The number of anilines is 1. The van der Waals surface area contributed by atoms with E-state index in [4.69, 9.17) is 9.47 Å². The van der Waals surface area contributed by atoms with E-state index in [1.54, 1.807) is 49.6 Å². The molecule has 1 N–H and O–H groups in total. The number of Topliss-reactive ketones (excluding diaryl/α,β-unsaturated/α-hetero) is 2. The van der Waals surface area contributed by atoms with Crippen LogP contribution in [0.15, 0.2) is 103 Å². The summed E-state index contributed by atoms with van der Waals surface area (Å²) in [6.45, 7) is 2.22. The maximum absolute atomic E-state index is 15.1. The summed E-state index contributed by atoms with van der Waals surface area (Å²) in [4.78, 5) is 46.3. The molecule has 0 saturated carbocycles. The highest BCUT2D eigenvalue weighted by Crippen LogP contribution is 2.62. The number of hydrogen-bond acceptors (Lipinski definition) is 6. The maximum Gasteiger partial charge on any atom is 0.238 e. The third kappa shape index (κ3) is 3.84. The van der Waals surface area contributed by atoms with E-state index in [0.717, 1.165) is 11.1 Å². The van der Waals surface area contributed by atoms with Crippen LogP contribution in [-0.2, 0) is 10.2 Å². The summed E-state index contributed by atoms with van der Waals surface area (Å²) in [5, 5.41) is 3.08. The summed E-state index contributed by atoms with van der Waals surface area (Å²) in [5.41, 5.74) is 2.55.